The van der Waals surface area contributed by atoms with Crippen molar-refractivity contribution in [2.24, 2.45) is 0 Å². The van der Waals surface area contributed by atoms with Crippen LogP contribution in [-0.2, 0) is 10.7 Å². The second kappa shape index (κ2) is 3.86. The third-order valence-electron chi connectivity index (χ3n) is 3.85. The summed E-state index contributed by atoms with van der Waals surface area (Å²) in [5.74, 6) is 0. The van der Waals surface area contributed by atoms with Gasteiger partial charge in [-0.1, -0.05) is 30.3 Å². The first-order valence-electron chi connectivity index (χ1n) is 6.00. The number of piperidine rings is 1. The van der Waals surface area contributed by atoms with E-state index in [0.29, 0.717) is 0 Å². The highest BCUT2D eigenvalue weighted by Crippen LogP contribution is 2.43. The van der Waals surface area contributed by atoms with E-state index in [4.69, 9.17) is 0 Å². The molecule has 0 amide bonds. The van der Waals surface area contributed by atoms with Gasteiger partial charge >= 0.3 is 0 Å². The molecule has 0 N–H and O–H groups in total. The van der Waals surface area contributed by atoms with E-state index in [2.05, 4.69) is 19.1 Å². The highest BCUT2D eigenvalue weighted by Gasteiger charge is 2.45. The maximum atomic E-state index is 12.5. The van der Waals surface area contributed by atoms with Crippen LogP contribution < -0.4 is 0 Å². The molecule has 87 valence electrons. The van der Waals surface area contributed by atoms with E-state index in [0.717, 1.165) is 24.8 Å². The first kappa shape index (κ1) is 11.6. The smallest absolute Gasteiger partial charge is 0.0719 e. The van der Waals surface area contributed by atoms with E-state index < -0.39 is 0 Å². The minimum Gasteiger partial charge on any atom is -0.139 e. The molecule has 1 fully saturated rings. The summed E-state index contributed by atoms with van der Waals surface area (Å²) in [6.45, 7) is 6.15. The predicted molar refractivity (Wildman–Crippen MR) is 64.2 cm³/mol. The van der Waals surface area contributed by atoms with Gasteiger partial charge in [-0.2, -0.15) is 0 Å². The van der Waals surface area contributed by atoms with Gasteiger partial charge in [-0.25, -0.2) is 0 Å². The lowest BCUT2D eigenvalue weighted by molar-refractivity contribution is -0.296. The third kappa shape index (κ3) is 1.76. The molecule has 0 aromatic heterocycles. The van der Waals surface area contributed by atoms with Gasteiger partial charge in [0, 0.05) is 5.54 Å². The molecule has 2 nitrogen and oxygen atoms in total. The summed E-state index contributed by atoms with van der Waals surface area (Å²) in [7, 11) is 0. The summed E-state index contributed by atoms with van der Waals surface area (Å²) in [4.78, 5) is 0. The molecule has 1 radical (unpaired) electrons. The van der Waals surface area contributed by atoms with Crippen molar-refractivity contribution in [3.63, 3.8) is 0 Å². The summed E-state index contributed by atoms with van der Waals surface area (Å²) in [6, 6.07) is 10.1. The maximum Gasteiger partial charge on any atom is 0.0719 e. The van der Waals surface area contributed by atoms with Crippen molar-refractivity contribution in [2.45, 2.75) is 51.1 Å². The molecular formula is C14H20NO. The van der Waals surface area contributed by atoms with Crippen LogP contribution in [0.2, 0.25) is 0 Å². The molecule has 1 atom stereocenters. The van der Waals surface area contributed by atoms with Crippen LogP contribution in [0.5, 0.6) is 0 Å². The predicted octanol–water partition coefficient (Wildman–Crippen LogP) is 3.51. The lowest BCUT2D eigenvalue weighted by Crippen LogP contribution is -2.55. The molecule has 0 bridgehead atoms. The van der Waals surface area contributed by atoms with Gasteiger partial charge in [-0.15, -0.1) is 10.3 Å². The third-order valence-corrected chi connectivity index (χ3v) is 3.85. The standard InChI is InChI=1S/C14H20NO/c1-13(2)10-7-11-14(3,15(13)16)12-8-5-4-6-9-12/h4-6,8-9H,7,10-11H2,1-3H3. The number of hydroxylamine groups is 2. The molecule has 1 saturated heterocycles. The van der Waals surface area contributed by atoms with Gasteiger partial charge in [0.15, 0.2) is 0 Å². The molecule has 2 rings (SSSR count). The van der Waals surface area contributed by atoms with E-state index in [-0.39, 0.29) is 11.1 Å². The fourth-order valence-corrected chi connectivity index (χ4v) is 2.80. The van der Waals surface area contributed by atoms with Gasteiger partial charge in [-0.05, 0) is 45.6 Å². The molecule has 16 heavy (non-hydrogen) atoms. The van der Waals surface area contributed by atoms with Gasteiger partial charge in [-0.3, -0.25) is 0 Å². The van der Waals surface area contributed by atoms with E-state index in [1.54, 1.807) is 0 Å². The number of hydrogen-bond donors (Lipinski definition) is 0. The van der Waals surface area contributed by atoms with Gasteiger partial charge in [0.1, 0.15) is 0 Å². The van der Waals surface area contributed by atoms with Crippen molar-refractivity contribution in [3.05, 3.63) is 35.9 Å². The zero-order valence-corrected chi connectivity index (χ0v) is 10.4. The van der Waals surface area contributed by atoms with Crippen LogP contribution >= 0.6 is 0 Å². The quantitative estimate of drug-likeness (QED) is 0.707. The minimum atomic E-state index is -0.358. The summed E-state index contributed by atoms with van der Waals surface area (Å²) in [6.07, 6.45) is 3.06. The first-order chi connectivity index (χ1) is 7.47. The summed E-state index contributed by atoms with van der Waals surface area (Å²) in [5.41, 5.74) is 0.532. The molecule has 2 heteroatoms. The molecule has 0 aliphatic carbocycles. The molecule has 0 saturated carbocycles. The largest absolute Gasteiger partial charge is 0.139 e. The van der Waals surface area contributed by atoms with Crippen LogP contribution in [0.3, 0.4) is 0 Å². The van der Waals surface area contributed by atoms with Crippen LogP contribution in [0.4, 0.5) is 0 Å². The Labute approximate surface area is 97.9 Å². The van der Waals surface area contributed by atoms with E-state index in [9.17, 15) is 5.21 Å². The van der Waals surface area contributed by atoms with Crippen molar-refractivity contribution in [1.29, 1.82) is 0 Å². The summed E-state index contributed by atoms with van der Waals surface area (Å²) in [5, 5.41) is 13.8. The molecule has 1 aromatic carbocycles. The highest BCUT2D eigenvalue weighted by molar-refractivity contribution is 5.24. The second-order valence-corrected chi connectivity index (χ2v) is 5.60. The van der Waals surface area contributed by atoms with Crippen LogP contribution in [0.1, 0.15) is 45.6 Å². The molecule has 1 aliphatic heterocycles. The summed E-state index contributed by atoms with van der Waals surface area (Å²) >= 11 is 0. The van der Waals surface area contributed by atoms with Crippen molar-refractivity contribution in [2.75, 3.05) is 0 Å². The molecule has 1 aromatic rings. The lowest BCUT2D eigenvalue weighted by Gasteiger charge is -2.48. The van der Waals surface area contributed by atoms with E-state index in [1.807, 2.05) is 32.0 Å². The van der Waals surface area contributed by atoms with Gasteiger partial charge < -0.3 is 0 Å². The molecule has 1 heterocycles. The molecular weight excluding hydrogens is 198 g/mol. The van der Waals surface area contributed by atoms with E-state index in [1.165, 1.54) is 5.06 Å². The number of nitrogens with zero attached hydrogens (tertiary/aromatic N) is 1. The van der Waals surface area contributed by atoms with Crippen LogP contribution in [-0.4, -0.2) is 10.6 Å². The topological polar surface area (TPSA) is 23.1 Å². The fraction of sp³-hybridized carbons (Fsp3) is 0.571. The number of hydrogen-bond acceptors (Lipinski definition) is 1. The SMILES string of the molecule is CC1(C)CCCC(C)(c2ccccc2)N1[O]. The lowest BCUT2D eigenvalue weighted by atomic mass is 9.77. The van der Waals surface area contributed by atoms with Crippen molar-refractivity contribution in [3.8, 4) is 0 Å². The van der Waals surface area contributed by atoms with Crippen molar-refractivity contribution < 1.29 is 5.21 Å². The first-order valence-corrected chi connectivity index (χ1v) is 6.00. The summed E-state index contributed by atoms with van der Waals surface area (Å²) < 4.78 is 0. The van der Waals surface area contributed by atoms with E-state index >= 15 is 0 Å². The molecule has 1 aliphatic rings. The van der Waals surface area contributed by atoms with Crippen LogP contribution in [0.15, 0.2) is 30.3 Å². The Morgan fingerprint density at radius 2 is 1.69 bits per heavy atom. The Balaban J connectivity index is 2.38. The van der Waals surface area contributed by atoms with Gasteiger partial charge in [0.25, 0.3) is 0 Å². The minimum absolute atomic E-state index is 0.247. The Kier molecular flexibility index (Phi) is 2.81. The Hall–Kier alpha value is -0.860. The number of rotatable bonds is 1. The Morgan fingerprint density at radius 1 is 1.06 bits per heavy atom. The average Bonchev–Trinajstić information content (AvgIpc) is 2.27. The Bertz CT molecular complexity index is 360. The zero-order valence-electron chi connectivity index (χ0n) is 10.4. The molecule has 1 unspecified atom stereocenters. The van der Waals surface area contributed by atoms with Crippen LogP contribution in [0, 0.1) is 0 Å². The normalized spacial score (nSPS) is 30.2. The monoisotopic (exact) mass is 218 g/mol. The van der Waals surface area contributed by atoms with Crippen molar-refractivity contribution in [1.82, 2.24) is 5.06 Å². The molecule has 0 spiro atoms. The number of benzene rings is 1. The fourth-order valence-electron chi connectivity index (χ4n) is 2.80. The highest BCUT2D eigenvalue weighted by atomic mass is 16.5. The zero-order chi connectivity index (χ0) is 11.8. The Morgan fingerprint density at radius 3 is 2.31 bits per heavy atom. The van der Waals surface area contributed by atoms with Gasteiger partial charge in [0.05, 0.1) is 5.54 Å². The second-order valence-electron chi connectivity index (χ2n) is 5.60. The van der Waals surface area contributed by atoms with Gasteiger partial charge in [0.2, 0.25) is 0 Å². The average molecular weight is 218 g/mol. The maximum absolute atomic E-state index is 12.5. The van der Waals surface area contributed by atoms with Crippen molar-refractivity contribution >= 4 is 0 Å². The van der Waals surface area contributed by atoms with Crippen LogP contribution in [0.25, 0.3) is 0 Å².